The number of amides is 1. The monoisotopic (exact) mass is 412 g/mol. The van der Waals surface area contributed by atoms with Gasteiger partial charge < -0.3 is 13.9 Å². The van der Waals surface area contributed by atoms with E-state index in [0.29, 0.717) is 35.6 Å². The highest BCUT2D eigenvalue weighted by atomic mass is 16.6. The number of benzene rings is 1. The van der Waals surface area contributed by atoms with Crippen molar-refractivity contribution in [2.24, 2.45) is 5.10 Å². The minimum atomic E-state index is -0.612. The Morgan fingerprint density at radius 1 is 1.23 bits per heavy atom. The second-order valence-corrected chi connectivity index (χ2v) is 7.68. The molecule has 3 rings (SSSR count). The van der Waals surface area contributed by atoms with Gasteiger partial charge in [0.1, 0.15) is 11.5 Å². The van der Waals surface area contributed by atoms with E-state index < -0.39 is 12.1 Å². The molecule has 7 heteroatoms. The third-order valence-corrected chi connectivity index (χ3v) is 5.06. The van der Waals surface area contributed by atoms with E-state index in [2.05, 4.69) is 24.4 Å². The van der Waals surface area contributed by atoms with Crippen molar-refractivity contribution in [1.82, 2.24) is 5.43 Å². The predicted molar refractivity (Wildman–Crippen MR) is 113 cm³/mol. The van der Waals surface area contributed by atoms with E-state index in [-0.39, 0.29) is 18.3 Å². The number of hydrogen-bond acceptors (Lipinski definition) is 6. The molecule has 30 heavy (non-hydrogen) atoms. The van der Waals surface area contributed by atoms with E-state index in [1.807, 2.05) is 32.0 Å². The molecule has 1 heterocycles. The van der Waals surface area contributed by atoms with Gasteiger partial charge in [0.05, 0.1) is 12.3 Å². The normalized spacial score (nSPS) is 14.5. The van der Waals surface area contributed by atoms with Crippen molar-refractivity contribution in [3.63, 3.8) is 0 Å². The summed E-state index contributed by atoms with van der Waals surface area (Å²) in [5, 5.41) is 4.19. The van der Waals surface area contributed by atoms with Gasteiger partial charge in [-0.05, 0) is 56.7 Å². The lowest BCUT2D eigenvalue weighted by atomic mass is 9.93. The number of aryl methyl sites for hydroxylation is 2. The number of hydrazone groups is 1. The fourth-order valence-corrected chi connectivity index (χ4v) is 3.60. The summed E-state index contributed by atoms with van der Waals surface area (Å²) in [6.45, 7) is 9.86. The van der Waals surface area contributed by atoms with E-state index in [4.69, 9.17) is 13.9 Å². The lowest BCUT2D eigenvalue weighted by molar-refractivity contribution is 0.0696. The second-order valence-electron chi connectivity index (χ2n) is 7.68. The number of ether oxygens (including phenoxy) is 2. The van der Waals surface area contributed by atoms with Gasteiger partial charge in [-0.3, -0.25) is 0 Å². The largest absolute Gasteiger partial charge is 0.453 e. The molecule has 0 bridgehead atoms. The first-order valence-electron chi connectivity index (χ1n) is 10.3. The van der Waals surface area contributed by atoms with Gasteiger partial charge in [0, 0.05) is 17.5 Å². The Kier molecular flexibility index (Phi) is 6.59. The number of nitrogens with one attached hydrogen (secondary N) is 1. The zero-order valence-electron chi connectivity index (χ0n) is 18.1. The zero-order chi connectivity index (χ0) is 21.8. The molecule has 1 N–H and O–H groups in total. The summed E-state index contributed by atoms with van der Waals surface area (Å²) in [6.07, 6.45) is 1.57. The highest BCUT2D eigenvalue weighted by Crippen LogP contribution is 2.32. The summed E-state index contributed by atoms with van der Waals surface area (Å²) in [4.78, 5) is 24.5. The van der Waals surface area contributed by atoms with E-state index >= 15 is 0 Å². The summed E-state index contributed by atoms with van der Waals surface area (Å²) in [7, 11) is 0. The van der Waals surface area contributed by atoms with E-state index in [1.54, 1.807) is 6.92 Å². The Balaban J connectivity index is 1.89. The van der Waals surface area contributed by atoms with Gasteiger partial charge in [0.2, 0.25) is 5.76 Å². The maximum absolute atomic E-state index is 13.0. The number of rotatable bonds is 5. The molecular formula is C23H28N2O5. The summed E-state index contributed by atoms with van der Waals surface area (Å²) in [5.41, 5.74) is 6.46. The average Bonchev–Trinajstić information content (AvgIpc) is 3.04. The first kappa shape index (κ1) is 21.6. The van der Waals surface area contributed by atoms with Crippen LogP contribution in [0, 0.1) is 13.8 Å². The quantitative estimate of drug-likeness (QED) is 0.423. The van der Waals surface area contributed by atoms with Gasteiger partial charge in [-0.15, -0.1) is 0 Å². The van der Waals surface area contributed by atoms with Crippen LogP contribution in [0.2, 0.25) is 0 Å². The molecule has 0 fully saturated rings. The second kappa shape index (κ2) is 9.15. The predicted octanol–water partition coefficient (Wildman–Crippen LogP) is 5.03. The Hall–Kier alpha value is -3.09. The molecule has 0 spiro atoms. The minimum absolute atomic E-state index is 0.168. The van der Waals surface area contributed by atoms with Crippen molar-refractivity contribution in [2.45, 2.75) is 59.8 Å². The van der Waals surface area contributed by atoms with Crippen molar-refractivity contribution >= 4 is 17.8 Å². The molecule has 1 aromatic heterocycles. The molecule has 1 amide bonds. The Morgan fingerprint density at radius 3 is 2.70 bits per heavy atom. The van der Waals surface area contributed by atoms with Crippen LogP contribution < -0.4 is 10.2 Å². The minimum Gasteiger partial charge on any atom is -0.453 e. The first-order valence-corrected chi connectivity index (χ1v) is 10.3. The van der Waals surface area contributed by atoms with Gasteiger partial charge >= 0.3 is 12.1 Å². The van der Waals surface area contributed by atoms with Crippen LogP contribution in [0.1, 0.15) is 78.1 Å². The Morgan fingerprint density at radius 2 is 2.00 bits per heavy atom. The molecule has 0 aliphatic heterocycles. The Labute approximate surface area is 176 Å². The number of nitrogens with zero attached hydrogens (tertiary/aromatic N) is 1. The van der Waals surface area contributed by atoms with Crippen LogP contribution >= 0.6 is 0 Å². The summed E-state index contributed by atoms with van der Waals surface area (Å²) in [6, 6.07) is 5.85. The molecule has 1 aliphatic rings. The molecule has 0 saturated carbocycles. The maximum atomic E-state index is 13.0. The van der Waals surface area contributed by atoms with Crippen molar-refractivity contribution in [2.75, 3.05) is 6.61 Å². The SMILES string of the molecule is CCOC(=O)N/N=C1\CCCc2oc(C(=O)Oc3cc(C)ccc3C(C)C)c(C)c21. The molecule has 1 aromatic carbocycles. The first-order chi connectivity index (χ1) is 14.3. The van der Waals surface area contributed by atoms with E-state index in [0.717, 1.165) is 23.1 Å². The van der Waals surface area contributed by atoms with Crippen molar-refractivity contribution in [3.8, 4) is 5.75 Å². The average molecular weight is 412 g/mol. The number of fused-ring (bicyclic) bond motifs is 1. The van der Waals surface area contributed by atoms with Crippen LogP contribution in [0.25, 0.3) is 0 Å². The maximum Gasteiger partial charge on any atom is 0.427 e. The molecule has 7 nitrogen and oxygen atoms in total. The number of carbonyl (C=O) groups is 2. The lowest BCUT2D eigenvalue weighted by Crippen LogP contribution is -2.22. The summed E-state index contributed by atoms with van der Waals surface area (Å²) in [5.74, 6) is 1.08. The van der Waals surface area contributed by atoms with Crippen LogP contribution in [0.15, 0.2) is 27.7 Å². The van der Waals surface area contributed by atoms with Crippen molar-refractivity contribution in [1.29, 1.82) is 0 Å². The number of hydrogen-bond donors (Lipinski definition) is 1. The molecule has 0 atom stereocenters. The van der Waals surface area contributed by atoms with Gasteiger partial charge in [-0.25, -0.2) is 15.0 Å². The summed E-state index contributed by atoms with van der Waals surface area (Å²) < 4.78 is 16.5. The molecule has 0 unspecified atom stereocenters. The van der Waals surface area contributed by atoms with Gasteiger partial charge in [-0.2, -0.15) is 5.10 Å². The molecule has 2 aromatic rings. The van der Waals surface area contributed by atoms with E-state index in [9.17, 15) is 9.59 Å². The van der Waals surface area contributed by atoms with Crippen LogP contribution in [-0.2, 0) is 11.2 Å². The smallest absolute Gasteiger partial charge is 0.427 e. The topological polar surface area (TPSA) is 90.1 Å². The lowest BCUT2D eigenvalue weighted by Gasteiger charge is -2.13. The van der Waals surface area contributed by atoms with Crippen LogP contribution in [0.4, 0.5) is 4.79 Å². The number of furan rings is 1. The fourth-order valence-electron chi connectivity index (χ4n) is 3.60. The highest BCUT2D eigenvalue weighted by Gasteiger charge is 2.29. The third-order valence-electron chi connectivity index (χ3n) is 5.06. The fraction of sp³-hybridized carbons (Fsp3) is 0.435. The van der Waals surface area contributed by atoms with Crippen LogP contribution in [0.5, 0.6) is 5.75 Å². The molecular weight excluding hydrogens is 384 g/mol. The highest BCUT2D eigenvalue weighted by molar-refractivity contribution is 6.06. The molecule has 0 radical (unpaired) electrons. The molecule has 1 aliphatic carbocycles. The van der Waals surface area contributed by atoms with Crippen LogP contribution in [-0.4, -0.2) is 24.4 Å². The third kappa shape index (κ3) is 4.56. The van der Waals surface area contributed by atoms with Crippen LogP contribution in [0.3, 0.4) is 0 Å². The van der Waals surface area contributed by atoms with Gasteiger partial charge in [0.25, 0.3) is 0 Å². The zero-order valence-corrected chi connectivity index (χ0v) is 18.1. The number of esters is 1. The molecule has 160 valence electrons. The van der Waals surface area contributed by atoms with Crippen molar-refractivity contribution in [3.05, 3.63) is 52.0 Å². The Bertz CT molecular complexity index is 988. The van der Waals surface area contributed by atoms with E-state index in [1.165, 1.54) is 0 Å². The van der Waals surface area contributed by atoms with Crippen molar-refractivity contribution < 1.29 is 23.5 Å². The van der Waals surface area contributed by atoms with Gasteiger partial charge in [-0.1, -0.05) is 26.0 Å². The number of carbonyl (C=O) groups excluding carboxylic acids is 2. The standard InChI is InChI=1S/C23H28N2O5/c1-6-28-23(27)25-24-17-8-7-9-18-20(17)15(5)21(29-18)22(26)30-19-12-14(4)10-11-16(19)13(2)3/h10-13H,6-9H2,1-5H3,(H,25,27)/b24-17+. The summed E-state index contributed by atoms with van der Waals surface area (Å²) >= 11 is 0. The van der Waals surface area contributed by atoms with Gasteiger partial charge in [0.15, 0.2) is 0 Å². The molecule has 0 saturated heterocycles.